The van der Waals surface area contributed by atoms with Crippen molar-refractivity contribution in [2.45, 2.75) is 39.3 Å². The van der Waals surface area contributed by atoms with E-state index in [9.17, 15) is 0 Å². The van der Waals surface area contributed by atoms with Crippen LogP contribution in [0.4, 0.5) is 0 Å². The lowest BCUT2D eigenvalue weighted by molar-refractivity contribution is -0.0670. The van der Waals surface area contributed by atoms with Gasteiger partial charge < -0.3 is 21.5 Å². The summed E-state index contributed by atoms with van der Waals surface area (Å²) >= 11 is 0. The molecule has 0 aromatic heterocycles. The predicted molar refractivity (Wildman–Crippen MR) is 64.5 cm³/mol. The summed E-state index contributed by atoms with van der Waals surface area (Å²) in [5.41, 5.74) is 11.0. The first-order valence-corrected chi connectivity index (χ1v) is 5.60. The van der Waals surface area contributed by atoms with Crippen molar-refractivity contribution in [2.24, 2.45) is 16.9 Å². The van der Waals surface area contributed by atoms with Gasteiger partial charge in [-0.05, 0) is 33.4 Å². The van der Waals surface area contributed by atoms with Crippen LogP contribution in [-0.4, -0.2) is 32.5 Å². The van der Waals surface area contributed by atoms with Crippen LogP contribution in [0.1, 0.15) is 33.6 Å². The molecule has 1 atom stereocenters. The molecule has 0 spiro atoms. The van der Waals surface area contributed by atoms with Crippen LogP contribution in [0.5, 0.6) is 0 Å². The van der Waals surface area contributed by atoms with Gasteiger partial charge in [0, 0.05) is 12.0 Å². The van der Waals surface area contributed by atoms with Gasteiger partial charge in [-0.3, -0.25) is 0 Å². The van der Waals surface area contributed by atoms with E-state index in [1.807, 2.05) is 14.0 Å². The first-order valence-electron chi connectivity index (χ1n) is 5.60. The number of rotatable bonds is 8. The van der Waals surface area contributed by atoms with Gasteiger partial charge in [0.05, 0.1) is 6.61 Å². The highest BCUT2D eigenvalue weighted by Gasteiger charge is 2.24. The fourth-order valence-electron chi connectivity index (χ4n) is 1.42. The van der Waals surface area contributed by atoms with Crippen LogP contribution in [0.3, 0.4) is 0 Å². The quantitative estimate of drug-likeness (QED) is 0.522. The van der Waals surface area contributed by atoms with E-state index in [0.717, 1.165) is 19.4 Å². The average molecular weight is 217 g/mol. The van der Waals surface area contributed by atoms with Gasteiger partial charge in [-0.25, -0.2) is 0 Å². The Labute approximate surface area is 93.7 Å². The average Bonchev–Trinajstić information content (AvgIpc) is 2.12. The molecular weight excluding hydrogens is 190 g/mol. The van der Waals surface area contributed by atoms with Gasteiger partial charge in [0.15, 0.2) is 0 Å². The first-order chi connectivity index (χ1) is 6.83. The molecule has 0 aromatic rings. The van der Waals surface area contributed by atoms with Gasteiger partial charge in [-0.1, -0.05) is 13.8 Å². The van der Waals surface area contributed by atoms with Gasteiger partial charge in [0.2, 0.25) is 0 Å². The Hall–Kier alpha value is -0.160. The highest BCUT2D eigenvalue weighted by atomic mass is 16.5. The van der Waals surface area contributed by atoms with Crippen molar-refractivity contribution in [1.29, 1.82) is 0 Å². The Morgan fingerprint density at radius 1 is 1.27 bits per heavy atom. The van der Waals surface area contributed by atoms with E-state index in [-0.39, 0.29) is 5.41 Å². The predicted octanol–water partition coefficient (Wildman–Crippen LogP) is 0.662. The molecule has 92 valence electrons. The third kappa shape index (κ3) is 7.73. The lowest BCUT2D eigenvalue weighted by atomic mass is 9.94. The number of hydrogen-bond donors (Lipinski definition) is 3. The molecule has 0 heterocycles. The van der Waals surface area contributed by atoms with E-state index >= 15 is 0 Å². The molecule has 0 aliphatic rings. The topological polar surface area (TPSA) is 73.3 Å². The summed E-state index contributed by atoms with van der Waals surface area (Å²) < 4.78 is 5.73. The van der Waals surface area contributed by atoms with Crippen molar-refractivity contribution in [2.75, 3.05) is 26.7 Å². The zero-order valence-electron chi connectivity index (χ0n) is 10.6. The number of nitrogens with one attached hydrogen (secondary N) is 1. The van der Waals surface area contributed by atoms with Crippen LogP contribution in [0, 0.1) is 5.41 Å². The minimum absolute atomic E-state index is 0.109. The summed E-state index contributed by atoms with van der Waals surface area (Å²) in [7, 11) is 1.94. The Kier molecular flexibility index (Phi) is 6.36. The van der Waals surface area contributed by atoms with Crippen LogP contribution >= 0.6 is 0 Å². The largest absolute Gasteiger partial charge is 0.361 e. The fourth-order valence-corrected chi connectivity index (χ4v) is 1.42. The van der Waals surface area contributed by atoms with Crippen LogP contribution in [0.25, 0.3) is 0 Å². The van der Waals surface area contributed by atoms with Crippen LogP contribution in [0.15, 0.2) is 0 Å². The molecule has 15 heavy (non-hydrogen) atoms. The molecule has 4 nitrogen and oxygen atoms in total. The lowest BCUT2D eigenvalue weighted by Gasteiger charge is -2.31. The Morgan fingerprint density at radius 2 is 1.87 bits per heavy atom. The summed E-state index contributed by atoms with van der Waals surface area (Å²) in [6.07, 6.45) is 1.71. The van der Waals surface area contributed by atoms with Crippen molar-refractivity contribution < 1.29 is 4.74 Å². The standard InChI is InChI=1S/C11H27N3O/c1-10(2,8-14-4)9-15-11(3,13)6-5-7-12/h14H,5-9,12-13H2,1-4H3. The molecule has 0 bridgehead atoms. The van der Waals surface area contributed by atoms with Crippen molar-refractivity contribution in [1.82, 2.24) is 5.32 Å². The summed E-state index contributed by atoms with van der Waals surface area (Å²) in [4.78, 5) is 0. The normalized spacial score (nSPS) is 16.4. The fraction of sp³-hybridized carbons (Fsp3) is 1.00. The maximum atomic E-state index is 6.01. The summed E-state index contributed by atoms with van der Waals surface area (Å²) in [6, 6.07) is 0. The SMILES string of the molecule is CNCC(C)(C)COC(C)(N)CCCN. The van der Waals surface area contributed by atoms with Gasteiger partial charge in [-0.15, -0.1) is 0 Å². The zero-order valence-corrected chi connectivity index (χ0v) is 10.6. The minimum Gasteiger partial charge on any atom is -0.361 e. The Balaban J connectivity index is 3.90. The van der Waals surface area contributed by atoms with Gasteiger partial charge >= 0.3 is 0 Å². The minimum atomic E-state index is -0.551. The molecule has 0 fully saturated rings. The van der Waals surface area contributed by atoms with Crippen molar-refractivity contribution in [3.63, 3.8) is 0 Å². The molecule has 0 amide bonds. The van der Waals surface area contributed by atoms with Crippen LogP contribution in [-0.2, 0) is 4.74 Å². The highest BCUT2D eigenvalue weighted by Crippen LogP contribution is 2.19. The maximum absolute atomic E-state index is 6.01. The van der Waals surface area contributed by atoms with E-state index in [2.05, 4.69) is 19.2 Å². The second kappa shape index (κ2) is 6.43. The molecule has 0 aliphatic heterocycles. The molecule has 1 unspecified atom stereocenters. The molecule has 0 rings (SSSR count). The van der Waals surface area contributed by atoms with Crippen LogP contribution < -0.4 is 16.8 Å². The Bertz CT molecular complexity index is 169. The monoisotopic (exact) mass is 217 g/mol. The second-order valence-electron chi connectivity index (χ2n) is 5.19. The summed E-state index contributed by atoms with van der Waals surface area (Å²) in [5.74, 6) is 0. The van der Waals surface area contributed by atoms with Crippen molar-refractivity contribution in [3.8, 4) is 0 Å². The Morgan fingerprint density at radius 3 is 2.33 bits per heavy atom. The second-order valence-corrected chi connectivity index (χ2v) is 5.19. The maximum Gasteiger partial charge on any atom is 0.113 e. The number of ether oxygens (including phenoxy) is 1. The molecule has 4 heteroatoms. The molecule has 0 aromatic carbocycles. The van der Waals surface area contributed by atoms with E-state index in [0.29, 0.717) is 13.2 Å². The zero-order chi connectivity index (χ0) is 11.9. The van der Waals surface area contributed by atoms with Crippen LogP contribution in [0.2, 0.25) is 0 Å². The third-order valence-electron chi connectivity index (χ3n) is 2.33. The van der Waals surface area contributed by atoms with Gasteiger partial charge in [0.25, 0.3) is 0 Å². The molecule has 0 saturated heterocycles. The summed E-state index contributed by atoms with van der Waals surface area (Å²) in [6.45, 7) is 8.46. The number of hydrogen-bond acceptors (Lipinski definition) is 4. The molecule has 0 aliphatic carbocycles. The molecule has 0 radical (unpaired) electrons. The lowest BCUT2D eigenvalue weighted by Crippen LogP contribution is -2.43. The van der Waals surface area contributed by atoms with Crippen molar-refractivity contribution in [3.05, 3.63) is 0 Å². The summed E-state index contributed by atoms with van der Waals surface area (Å²) in [5, 5.41) is 3.15. The van der Waals surface area contributed by atoms with Gasteiger partial charge in [0.1, 0.15) is 5.72 Å². The number of nitrogens with two attached hydrogens (primary N) is 2. The van der Waals surface area contributed by atoms with E-state index < -0.39 is 5.72 Å². The van der Waals surface area contributed by atoms with E-state index in [1.165, 1.54) is 0 Å². The van der Waals surface area contributed by atoms with Crippen molar-refractivity contribution >= 4 is 0 Å². The smallest absolute Gasteiger partial charge is 0.113 e. The molecule has 0 saturated carbocycles. The first kappa shape index (κ1) is 14.8. The molecular formula is C11H27N3O. The van der Waals surface area contributed by atoms with Gasteiger partial charge in [-0.2, -0.15) is 0 Å². The molecule has 5 N–H and O–H groups in total. The third-order valence-corrected chi connectivity index (χ3v) is 2.33. The van der Waals surface area contributed by atoms with E-state index in [1.54, 1.807) is 0 Å². The highest BCUT2D eigenvalue weighted by molar-refractivity contribution is 4.74. The van der Waals surface area contributed by atoms with E-state index in [4.69, 9.17) is 16.2 Å².